The highest BCUT2D eigenvalue weighted by molar-refractivity contribution is 5.05. The lowest BCUT2D eigenvalue weighted by atomic mass is 10.5. The lowest BCUT2D eigenvalue weighted by molar-refractivity contribution is 0.178. The van der Waals surface area contributed by atoms with Crippen LogP contribution in [0.3, 0.4) is 0 Å². The summed E-state index contributed by atoms with van der Waals surface area (Å²) in [6.45, 7) is 2.31. The van der Waals surface area contributed by atoms with E-state index >= 15 is 0 Å². The first-order valence-corrected chi connectivity index (χ1v) is 3.11. The summed E-state index contributed by atoms with van der Waals surface area (Å²) in [5, 5.41) is 16.5. The van der Waals surface area contributed by atoms with Gasteiger partial charge in [0.25, 0.3) is 0 Å². The summed E-state index contributed by atoms with van der Waals surface area (Å²) < 4.78 is 5.00. The van der Waals surface area contributed by atoms with Crippen LogP contribution in [0.1, 0.15) is 13.3 Å². The van der Waals surface area contributed by atoms with E-state index in [1.54, 1.807) is 6.92 Å². The molecular formula is C7H11NO2. The Balaban J connectivity index is 3.32. The largest absolute Gasteiger partial charge is 0.497 e. The third kappa shape index (κ3) is 5.13. The van der Waals surface area contributed by atoms with Gasteiger partial charge in [0.2, 0.25) is 0 Å². The Kier molecular flexibility index (Phi) is 5.50. The maximum Gasteiger partial charge on any atom is 0.103 e. The molecule has 0 aromatic heterocycles. The van der Waals surface area contributed by atoms with Crippen LogP contribution in [0.5, 0.6) is 0 Å². The molecule has 0 aliphatic heterocycles. The molecule has 0 fully saturated rings. The van der Waals surface area contributed by atoms with Crippen molar-refractivity contribution in [2.24, 2.45) is 0 Å². The second-order valence-electron chi connectivity index (χ2n) is 1.81. The Labute approximate surface area is 60.5 Å². The molecule has 56 valence electrons. The third-order valence-electron chi connectivity index (χ3n) is 0.900. The summed E-state index contributed by atoms with van der Waals surface area (Å²) in [6, 6.07) is 1.84. The fourth-order valence-corrected chi connectivity index (χ4v) is 0.430. The Morgan fingerprint density at radius 1 is 1.80 bits per heavy atom. The smallest absolute Gasteiger partial charge is 0.103 e. The van der Waals surface area contributed by atoms with Gasteiger partial charge in [0.1, 0.15) is 5.76 Å². The number of hydrogen-bond acceptors (Lipinski definition) is 3. The van der Waals surface area contributed by atoms with Gasteiger partial charge < -0.3 is 9.84 Å². The number of ether oxygens (including phenoxy) is 1. The minimum absolute atomic E-state index is 0.125. The number of nitriles is 1. The molecule has 3 nitrogen and oxygen atoms in total. The Morgan fingerprint density at radius 2 is 2.50 bits per heavy atom. The first-order valence-electron chi connectivity index (χ1n) is 3.11. The first-order chi connectivity index (χ1) is 4.81. The highest BCUT2D eigenvalue weighted by Crippen LogP contribution is 1.94. The SMILES string of the molecule is C/C(=C\C#N)OCCCO. The van der Waals surface area contributed by atoms with Gasteiger partial charge in [-0.1, -0.05) is 0 Å². The monoisotopic (exact) mass is 141 g/mol. The predicted molar refractivity (Wildman–Crippen MR) is 37.0 cm³/mol. The zero-order chi connectivity index (χ0) is 7.82. The van der Waals surface area contributed by atoms with Crippen LogP contribution in [0.15, 0.2) is 11.8 Å². The topological polar surface area (TPSA) is 53.2 Å². The average molecular weight is 141 g/mol. The van der Waals surface area contributed by atoms with Gasteiger partial charge in [0.05, 0.1) is 18.8 Å². The summed E-state index contributed by atoms with van der Waals surface area (Å²) in [4.78, 5) is 0. The van der Waals surface area contributed by atoms with E-state index in [-0.39, 0.29) is 6.61 Å². The van der Waals surface area contributed by atoms with Crippen molar-refractivity contribution >= 4 is 0 Å². The molecular weight excluding hydrogens is 130 g/mol. The molecule has 1 N–H and O–H groups in total. The second-order valence-corrected chi connectivity index (χ2v) is 1.81. The lowest BCUT2D eigenvalue weighted by Gasteiger charge is -2.01. The van der Waals surface area contributed by atoms with Crippen molar-refractivity contribution in [3.8, 4) is 6.07 Å². The van der Waals surface area contributed by atoms with E-state index in [9.17, 15) is 0 Å². The fourth-order valence-electron chi connectivity index (χ4n) is 0.430. The van der Waals surface area contributed by atoms with E-state index < -0.39 is 0 Å². The third-order valence-corrected chi connectivity index (χ3v) is 0.900. The fraction of sp³-hybridized carbons (Fsp3) is 0.571. The highest BCUT2D eigenvalue weighted by Gasteiger charge is 1.87. The van der Waals surface area contributed by atoms with E-state index in [0.29, 0.717) is 18.8 Å². The average Bonchev–Trinajstić information content (AvgIpc) is 1.89. The molecule has 0 aromatic rings. The van der Waals surface area contributed by atoms with Crippen molar-refractivity contribution in [1.29, 1.82) is 5.26 Å². The number of nitrogens with zero attached hydrogens (tertiary/aromatic N) is 1. The van der Waals surface area contributed by atoms with Crippen molar-refractivity contribution in [2.75, 3.05) is 13.2 Å². The number of rotatable bonds is 4. The molecule has 0 aliphatic rings. The van der Waals surface area contributed by atoms with Gasteiger partial charge in [-0.05, 0) is 6.92 Å². The van der Waals surface area contributed by atoms with Gasteiger partial charge >= 0.3 is 0 Å². The van der Waals surface area contributed by atoms with Crippen LogP contribution in [-0.2, 0) is 4.74 Å². The molecule has 0 aliphatic carbocycles. The van der Waals surface area contributed by atoms with Gasteiger partial charge in [0.15, 0.2) is 0 Å². The van der Waals surface area contributed by atoms with E-state index in [1.807, 2.05) is 6.07 Å². The van der Waals surface area contributed by atoms with Crippen molar-refractivity contribution < 1.29 is 9.84 Å². The highest BCUT2D eigenvalue weighted by atomic mass is 16.5. The predicted octanol–water partition coefficient (Wildman–Crippen LogP) is 0.813. The lowest BCUT2D eigenvalue weighted by Crippen LogP contribution is -1.94. The van der Waals surface area contributed by atoms with E-state index in [1.165, 1.54) is 6.08 Å². The Morgan fingerprint density at radius 3 is 3.00 bits per heavy atom. The molecule has 0 amide bonds. The van der Waals surface area contributed by atoms with Gasteiger partial charge in [-0.25, -0.2) is 0 Å². The van der Waals surface area contributed by atoms with Crippen LogP contribution < -0.4 is 0 Å². The van der Waals surface area contributed by atoms with Gasteiger partial charge in [-0.2, -0.15) is 5.26 Å². The van der Waals surface area contributed by atoms with Gasteiger partial charge in [0, 0.05) is 13.0 Å². The van der Waals surface area contributed by atoms with Crippen LogP contribution in [0, 0.1) is 11.3 Å². The minimum Gasteiger partial charge on any atom is -0.497 e. The minimum atomic E-state index is 0.125. The van der Waals surface area contributed by atoms with Gasteiger partial charge in [-0.3, -0.25) is 0 Å². The first kappa shape index (κ1) is 8.99. The standard InChI is InChI=1S/C7H11NO2/c1-7(3-4-8)10-6-2-5-9/h3,9H,2,5-6H2,1H3/b7-3+. The zero-order valence-corrected chi connectivity index (χ0v) is 6.00. The summed E-state index contributed by atoms with van der Waals surface area (Å²) in [7, 11) is 0. The van der Waals surface area contributed by atoms with Crippen LogP contribution in [0.4, 0.5) is 0 Å². The maximum absolute atomic E-state index is 8.34. The van der Waals surface area contributed by atoms with Crippen LogP contribution in [0.25, 0.3) is 0 Å². The van der Waals surface area contributed by atoms with E-state index in [0.717, 1.165) is 0 Å². The van der Waals surface area contributed by atoms with Crippen molar-refractivity contribution in [2.45, 2.75) is 13.3 Å². The molecule has 0 spiro atoms. The molecule has 0 unspecified atom stereocenters. The van der Waals surface area contributed by atoms with E-state index in [4.69, 9.17) is 15.1 Å². The molecule has 0 radical (unpaired) electrons. The Hall–Kier alpha value is -1.01. The normalized spacial score (nSPS) is 10.7. The van der Waals surface area contributed by atoms with Crippen molar-refractivity contribution in [1.82, 2.24) is 0 Å². The number of aliphatic hydroxyl groups is 1. The van der Waals surface area contributed by atoms with Crippen molar-refractivity contribution in [3.63, 3.8) is 0 Å². The van der Waals surface area contributed by atoms with Gasteiger partial charge in [-0.15, -0.1) is 0 Å². The van der Waals surface area contributed by atoms with Crippen LogP contribution in [-0.4, -0.2) is 18.3 Å². The molecule has 0 heterocycles. The zero-order valence-electron chi connectivity index (χ0n) is 6.00. The quantitative estimate of drug-likeness (QED) is 0.358. The number of allylic oxidation sites excluding steroid dienone is 2. The molecule has 3 heteroatoms. The molecule has 0 rings (SSSR count). The number of aliphatic hydroxyl groups excluding tert-OH is 1. The number of hydrogen-bond donors (Lipinski definition) is 1. The van der Waals surface area contributed by atoms with E-state index in [2.05, 4.69) is 0 Å². The molecule has 0 saturated heterocycles. The Bertz CT molecular complexity index is 146. The molecule has 0 aromatic carbocycles. The molecule has 10 heavy (non-hydrogen) atoms. The molecule has 0 bridgehead atoms. The second kappa shape index (κ2) is 6.12. The van der Waals surface area contributed by atoms with Crippen LogP contribution in [0.2, 0.25) is 0 Å². The maximum atomic E-state index is 8.34. The van der Waals surface area contributed by atoms with Crippen LogP contribution >= 0.6 is 0 Å². The summed E-state index contributed by atoms with van der Waals surface area (Å²) >= 11 is 0. The summed E-state index contributed by atoms with van der Waals surface area (Å²) in [6.07, 6.45) is 1.94. The molecule has 0 atom stereocenters. The summed E-state index contributed by atoms with van der Waals surface area (Å²) in [5.41, 5.74) is 0. The molecule has 0 saturated carbocycles. The van der Waals surface area contributed by atoms with Crippen molar-refractivity contribution in [3.05, 3.63) is 11.8 Å². The summed E-state index contributed by atoms with van der Waals surface area (Å²) in [5.74, 6) is 0.593.